The van der Waals surface area contributed by atoms with Crippen LogP contribution in [0.3, 0.4) is 0 Å². The van der Waals surface area contributed by atoms with Crippen molar-refractivity contribution in [3.63, 3.8) is 0 Å². The molecule has 0 spiro atoms. The number of nitrogens with zero attached hydrogens (tertiary/aromatic N) is 2. The van der Waals surface area contributed by atoms with E-state index in [0.717, 1.165) is 13.0 Å². The summed E-state index contributed by atoms with van der Waals surface area (Å²) in [6.45, 7) is 5.98. The third kappa shape index (κ3) is 3.43. The van der Waals surface area contributed by atoms with E-state index in [1.54, 1.807) is 0 Å². The van der Waals surface area contributed by atoms with E-state index >= 15 is 0 Å². The Morgan fingerprint density at radius 3 is 2.76 bits per heavy atom. The van der Waals surface area contributed by atoms with Crippen molar-refractivity contribution in [2.45, 2.75) is 58.0 Å². The van der Waals surface area contributed by atoms with Gasteiger partial charge in [0.1, 0.15) is 0 Å². The molecule has 0 atom stereocenters. The topological polar surface area (TPSA) is 63.0 Å². The van der Waals surface area contributed by atoms with E-state index in [0.29, 0.717) is 18.5 Å². The molecule has 0 bridgehead atoms. The quantitative estimate of drug-likeness (QED) is 0.745. The highest BCUT2D eigenvalue weighted by Gasteiger charge is 2.29. The highest BCUT2D eigenvalue weighted by molar-refractivity contribution is 5.24. The molecule has 1 aromatic heterocycles. The fourth-order valence-electron chi connectivity index (χ4n) is 2.29. The molecule has 17 heavy (non-hydrogen) atoms. The Hall–Kier alpha value is -1.10. The third-order valence-electron chi connectivity index (χ3n) is 3.29. The summed E-state index contributed by atoms with van der Waals surface area (Å²) in [6, 6.07) is 0.558. The monoisotopic (exact) mass is 238 g/mol. The van der Waals surface area contributed by atoms with E-state index < -0.39 is 0 Å². The molecule has 1 aliphatic carbocycles. The van der Waals surface area contributed by atoms with Crippen molar-refractivity contribution in [2.75, 3.05) is 11.9 Å². The summed E-state index contributed by atoms with van der Waals surface area (Å²) in [5.41, 5.74) is 0.140. The second kappa shape index (κ2) is 5.49. The van der Waals surface area contributed by atoms with Crippen LogP contribution in [-0.4, -0.2) is 22.3 Å². The van der Waals surface area contributed by atoms with Gasteiger partial charge >= 0.3 is 6.01 Å². The van der Waals surface area contributed by atoms with E-state index in [9.17, 15) is 0 Å². The van der Waals surface area contributed by atoms with Gasteiger partial charge < -0.3 is 15.1 Å². The molecule has 0 radical (unpaired) electrons. The summed E-state index contributed by atoms with van der Waals surface area (Å²) in [7, 11) is 0. The van der Waals surface area contributed by atoms with Gasteiger partial charge in [-0.15, -0.1) is 5.10 Å². The Balaban J connectivity index is 1.85. The number of nitrogens with one attached hydrogen (secondary N) is 2. The minimum Gasteiger partial charge on any atom is -0.407 e. The number of anilines is 1. The smallest absolute Gasteiger partial charge is 0.315 e. The lowest BCUT2D eigenvalue weighted by molar-refractivity contribution is 0.450. The van der Waals surface area contributed by atoms with E-state index in [-0.39, 0.29) is 5.54 Å². The maximum absolute atomic E-state index is 5.56. The second-order valence-corrected chi connectivity index (χ2v) is 5.07. The first kappa shape index (κ1) is 12.4. The molecule has 2 N–H and O–H groups in total. The van der Waals surface area contributed by atoms with Crippen LogP contribution >= 0.6 is 0 Å². The number of hydrogen-bond donors (Lipinski definition) is 2. The Kier molecular flexibility index (Phi) is 3.99. The fraction of sp³-hybridized carbons (Fsp3) is 0.833. The summed E-state index contributed by atoms with van der Waals surface area (Å²) < 4.78 is 5.56. The van der Waals surface area contributed by atoms with Crippen LogP contribution in [0, 0.1) is 0 Å². The highest BCUT2D eigenvalue weighted by Crippen LogP contribution is 2.31. The molecule has 96 valence electrons. The van der Waals surface area contributed by atoms with Crippen LogP contribution in [0.4, 0.5) is 6.01 Å². The number of aromatic nitrogens is 2. The lowest BCUT2D eigenvalue weighted by atomic mass is 10.0. The molecule has 1 heterocycles. The third-order valence-corrected chi connectivity index (χ3v) is 3.29. The van der Waals surface area contributed by atoms with E-state index in [1.165, 1.54) is 25.7 Å². The summed E-state index contributed by atoms with van der Waals surface area (Å²) in [5.74, 6) is 0.655. The van der Waals surface area contributed by atoms with Gasteiger partial charge in [-0.25, -0.2) is 0 Å². The van der Waals surface area contributed by atoms with Gasteiger partial charge in [0.25, 0.3) is 0 Å². The molecular weight excluding hydrogens is 216 g/mol. The highest BCUT2D eigenvalue weighted by atomic mass is 16.4. The van der Waals surface area contributed by atoms with Crippen LogP contribution in [0.15, 0.2) is 4.42 Å². The standard InChI is InChI=1S/C12H22N4O/c1-3-8-13-9-10-15-16-11(17-10)14-12(2)6-4-5-7-12/h13H,3-9H2,1-2H3,(H,14,16). The van der Waals surface area contributed by atoms with Crippen LogP contribution in [0.5, 0.6) is 0 Å². The Bertz CT molecular complexity index is 344. The minimum atomic E-state index is 0.140. The Morgan fingerprint density at radius 1 is 1.29 bits per heavy atom. The van der Waals surface area contributed by atoms with Crippen LogP contribution in [0.25, 0.3) is 0 Å². The molecule has 0 amide bonds. The minimum absolute atomic E-state index is 0.140. The van der Waals surface area contributed by atoms with Crippen molar-refractivity contribution in [3.05, 3.63) is 5.89 Å². The number of rotatable bonds is 6. The van der Waals surface area contributed by atoms with Crippen molar-refractivity contribution in [3.8, 4) is 0 Å². The molecule has 2 rings (SSSR count). The zero-order valence-corrected chi connectivity index (χ0v) is 10.8. The Labute approximate surface area is 102 Å². The molecule has 1 aromatic rings. The van der Waals surface area contributed by atoms with Gasteiger partial charge in [0.15, 0.2) is 0 Å². The predicted octanol–water partition coefficient (Wildman–Crippen LogP) is 2.31. The van der Waals surface area contributed by atoms with Crippen LogP contribution in [0.2, 0.25) is 0 Å². The summed E-state index contributed by atoms with van der Waals surface area (Å²) in [6.07, 6.45) is 6.03. The fourth-order valence-corrected chi connectivity index (χ4v) is 2.29. The maximum atomic E-state index is 5.56. The lowest BCUT2D eigenvalue weighted by Gasteiger charge is -2.23. The van der Waals surface area contributed by atoms with E-state index in [4.69, 9.17) is 4.42 Å². The molecular formula is C12H22N4O. The SMILES string of the molecule is CCCNCc1nnc(NC2(C)CCCC2)o1. The molecule has 1 aliphatic rings. The molecule has 1 saturated carbocycles. The first-order valence-electron chi connectivity index (χ1n) is 6.53. The van der Waals surface area contributed by atoms with Crippen LogP contribution in [0.1, 0.15) is 51.8 Å². The first-order chi connectivity index (χ1) is 8.22. The van der Waals surface area contributed by atoms with Crippen LogP contribution in [-0.2, 0) is 6.54 Å². The van der Waals surface area contributed by atoms with Gasteiger partial charge in [-0.05, 0) is 32.7 Å². The van der Waals surface area contributed by atoms with Gasteiger partial charge in [0.2, 0.25) is 5.89 Å². The molecule has 5 heteroatoms. The molecule has 0 aliphatic heterocycles. The Morgan fingerprint density at radius 2 is 2.06 bits per heavy atom. The molecule has 5 nitrogen and oxygen atoms in total. The predicted molar refractivity (Wildman–Crippen MR) is 66.8 cm³/mol. The van der Waals surface area contributed by atoms with Gasteiger partial charge in [-0.2, -0.15) is 0 Å². The van der Waals surface area contributed by atoms with Crippen LogP contribution < -0.4 is 10.6 Å². The van der Waals surface area contributed by atoms with E-state index in [1.807, 2.05) is 0 Å². The average Bonchev–Trinajstić information content (AvgIpc) is 2.89. The summed E-state index contributed by atoms with van der Waals surface area (Å²) in [5, 5.41) is 14.7. The van der Waals surface area contributed by atoms with Crippen molar-refractivity contribution in [2.24, 2.45) is 0 Å². The second-order valence-electron chi connectivity index (χ2n) is 5.07. The van der Waals surface area contributed by atoms with E-state index in [2.05, 4.69) is 34.7 Å². The molecule has 0 saturated heterocycles. The lowest BCUT2D eigenvalue weighted by Crippen LogP contribution is -2.30. The average molecular weight is 238 g/mol. The van der Waals surface area contributed by atoms with Gasteiger partial charge in [-0.1, -0.05) is 24.9 Å². The molecule has 1 fully saturated rings. The molecule has 0 aromatic carbocycles. The largest absolute Gasteiger partial charge is 0.407 e. The summed E-state index contributed by atoms with van der Waals surface area (Å²) in [4.78, 5) is 0. The first-order valence-corrected chi connectivity index (χ1v) is 6.53. The van der Waals surface area contributed by atoms with Crippen molar-refractivity contribution >= 4 is 6.01 Å². The van der Waals surface area contributed by atoms with Crippen molar-refractivity contribution in [1.29, 1.82) is 0 Å². The molecule has 0 unspecified atom stereocenters. The van der Waals surface area contributed by atoms with Gasteiger partial charge in [0.05, 0.1) is 6.54 Å². The zero-order valence-electron chi connectivity index (χ0n) is 10.8. The van der Waals surface area contributed by atoms with Gasteiger partial charge in [0, 0.05) is 5.54 Å². The van der Waals surface area contributed by atoms with Crippen molar-refractivity contribution < 1.29 is 4.42 Å². The summed E-state index contributed by atoms with van der Waals surface area (Å²) >= 11 is 0. The number of hydrogen-bond acceptors (Lipinski definition) is 5. The van der Waals surface area contributed by atoms with Crippen molar-refractivity contribution in [1.82, 2.24) is 15.5 Å². The zero-order chi connectivity index (χ0) is 12.1. The normalized spacial score (nSPS) is 18.5. The van der Waals surface area contributed by atoms with Gasteiger partial charge in [-0.3, -0.25) is 0 Å². The maximum Gasteiger partial charge on any atom is 0.315 e.